The number of nitrogens with zero attached hydrogens (tertiary/aromatic N) is 1. The van der Waals surface area contributed by atoms with E-state index in [1.165, 1.54) is 0 Å². The summed E-state index contributed by atoms with van der Waals surface area (Å²) in [5.74, 6) is 0.263. The first-order valence-corrected chi connectivity index (χ1v) is 5.43. The van der Waals surface area contributed by atoms with Crippen molar-refractivity contribution in [1.82, 2.24) is 0 Å². The summed E-state index contributed by atoms with van der Waals surface area (Å²) in [6.07, 6.45) is 0. The highest BCUT2D eigenvalue weighted by molar-refractivity contribution is 6.01. The molecule has 3 N–H and O–H groups in total. The maximum Gasteiger partial charge on any atom is 0.124 e. The lowest BCUT2D eigenvalue weighted by Gasteiger charge is -2.07. The number of phenolic OH excluding ortho intramolecular Hbond substituents is 2. The molecule has 2 aromatic rings. The fraction of sp³-hybridized carbons (Fsp3) is 0.0714. The molecule has 0 amide bonds. The molecule has 4 nitrogen and oxygen atoms in total. The molecule has 2 aromatic carbocycles. The van der Waals surface area contributed by atoms with E-state index in [1.807, 2.05) is 0 Å². The molecule has 2 rings (SSSR count). The molecule has 0 saturated carbocycles. The monoisotopic (exact) mass is 243 g/mol. The topological polar surface area (TPSA) is 73.1 Å². The summed E-state index contributed by atoms with van der Waals surface area (Å²) in [5.41, 5.74) is 2.58. The molecule has 0 aromatic heterocycles. The number of aromatic hydroxyl groups is 2. The predicted molar refractivity (Wildman–Crippen MR) is 69.2 cm³/mol. The summed E-state index contributed by atoms with van der Waals surface area (Å²) in [5, 5.41) is 30.8. The number of hydrogen-bond donors (Lipinski definition) is 3. The van der Waals surface area contributed by atoms with E-state index in [1.54, 1.807) is 49.4 Å². The van der Waals surface area contributed by atoms with E-state index < -0.39 is 0 Å². The summed E-state index contributed by atoms with van der Waals surface area (Å²) < 4.78 is 0. The lowest BCUT2D eigenvalue weighted by atomic mass is 10.0. The molecule has 4 heteroatoms. The van der Waals surface area contributed by atoms with Crippen molar-refractivity contribution < 1.29 is 15.4 Å². The predicted octanol–water partition coefficient (Wildman–Crippen LogP) is 2.96. The van der Waals surface area contributed by atoms with Crippen LogP contribution in [-0.2, 0) is 0 Å². The summed E-state index contributed by atoms with van der Waals surface area (Å²) in [6, 6.07) is 11.8. The first kappa shape index (κ1) is 12.0. The van der Waals surface area contributed by atoms with E-state index in [-0.39, 0.29) is 11.5 Å². The fourth-order valence-electron chi connectivity index (χ4n) is 1.71. The second-order valence-electron chi connectivity index (χ2n) is 3.96. The molecule has 92 valence electrons. The number of rotatable bonds is 2. The molecule has 0 aliphatic heterocycles. The molecule has 0 fully saturated rings. The van der Waals surface area contributed by atoms with E-state index in [9.17, 15) is 10.2 Å². The van der Waals surface area contributed by atoms with Gasteiger partial charge in [0.2, 0.25) is 0 Å². The van der Waals surface area contributed by atoms with Crippen molar-refractivity contribution in [2.24, 2.45) is 5.16 Å². The minimum atomic E-state index is 0.0628. The standard InChI is InChI=1S/C14H13NO3/c1-9(15-18)13-8-11(4-7-14(13)17)10-2-5-12(16)6-3-10/h2-8,16-18H,1H3/b15-9+. The Bertz CT molecular complexity index is 588. The quantitative estimate of drug-likeness (QED) is 0.431. The van der Waals surface area contributed by atoms with Gasteiger partial charge in [-0.05, 0) is 42.3 Å². The normalized spacial score (nSPS) is 11.5. The van der Waals surface area contributed by atoms with Gasteiger partial charge in [0.05, 0.1) is 5.71 Å². The number of hydrogen-bond acceptors (Lipinski definition) is 4. The number of benzene rings is 2. The first-order chi connectivity index (χ1) is 8.61. The summed E-state index contributed by atoms with van der Waals surface area (Å²) in [4.78, 5) is 0. The Labute approximate surface area is 104 Å². The third-order valence-electron chi connectivity index (χ3n) is 2.74. The van der Waals surface area contributed by atoms with Crippen molar-refractivity contribution in [3.05, 3.63) is 48.0 Å². The Morgan fingerprint density at radius 2 is 1.56 bits per heavy atom. The van der Waals surface area contributed by atoms with E-state index >= 15 is 0 Å². The van der Waals surface area contributed by atoms with Crippen LogP contribution in [0.5, 0.6) is 11.5 Å². The van der Waals surface area contributed by atoms with Crippen LogP contribution in [-0.4, -0.2) is 21.1 Å². The molecule has 0 radical (unpaired) electrons. The van der Waals surface area contributed by atoms with Crippen LogP contribution in [0.25, 0.3) is 11.1 Å². The van der Waals surface area contributed by atoms with E-state index in [0.717, 1.165) is 11.1 Å². The van der Waals surface area contributed by atoms with Crippen molar-refractivity contribution in [3.8, 4) is 22.6 Å². The zero-order chi connectivity index (χ0) is 13.1. The van der Waals surface area contributed by atoms with Gasteiger partial charge >= 0.3 is 0 Å². The van der Waals surface area contributed by atoms with Gasteiger partial charge in [0, 0.05) is 5.56 Å². The van der Waals surface area contributed by atoms with Crippen LogP contribution in [0, 0.1) is 0 Å². The molecular weight excluding hydrogens is 230 g/mol. The molecular formula is C14H13NO3. The maximum atomic E-state index is 9.70. The van der Waals surface area contributed by atoms with Gasteiger partial charge in [0.1, 0.15) is 11.5 Å². The van der Waals surface area contributed by atoms with E-state index in [4.69, 9.17) is 5.21 Å². The molecule has 0 unspecified atom stereocenters. The van der Waals surface area contributed by atoms with Gasteiger partial charge in [-0.1, -0.05) is 23.4 Å². The Hall–Kier alpha value is -2.49. The Kier molecular flexibility index (Phi) is 3.19. The van der Waals surface area contributed by atoms with Gasteiger partial charge in [0.15, 0.2) is 0 Å². The van der Waals surface area contributed by atoms with Gasteiger partial charge in [-0.25, -0.2) is 0 Å². The van der Waals surface area contributed by atoms with Gasteiger partial charge in [0.25, 0.3) is 0 Å². The lowest BCUT2D eigenvalue weighted by Crippen LogP contribution is -1.95. The molecule has 18 heavy (non-hydrogen) atoms. The Balaban J connectivity index is 2.50. The van der Waals surface area contributed by atoms with E-state index in [0.29, 0.717) is 11.3 Å². The fourth-order valence-corrected chi connectivity index (χ4v) is 1.71. The van der Waals surface area contributed by atoms with Crippen LogP contribution in [0.1, 0.15) is 12.5 Å². The second-order valence-corrected chi connectivity index (χ2v) is 3.96. The van der Waals surface area contributed by atoms with Crippen LogP contribution >= 0.6 is 0 Å². The average molecular weight is 243 g/mol. The average Bonchev–Trinajstić information content (AvgIpc) is 2.39. The SMILES string of the molecule is C/C(=N\O)c1cc(-c2ccc(O)cc2)ccc1O. The first-order valence-electron chi connectivity index (χ1n) is 5.43. The number of oxime groups is 1. The van der Waals surface area contributed by atoms with Crippen LogP contribution < -0.4 is 0 Å². The molecule has 0 saturated heterocycles. The Morgan fingerprint density at radius 1 is 0.944 bits per heavy atom. The third-order valence-corrected chi connectivity index (χ3v) is 2.74. The summed E-state index contributed by atoms with van der Waals surface area (Å²) in [6.45, 7) is 1.61. The zero-order valence-electron chi connectivity index (χ0n) is 9.83. The van der Waals surface area contributed by atoms with Gasteiger partial charge < -0.3 is 15.4 Å². The molecule has 0 aliphatic rings. The van der Waals surface area contributed by atoms with Crippen molar-refractivity contribution in [2.45, 2.75) is 6.92 Å². The van der Waals surface area contributed by atoms with Crippen LogP contribution in [0.2, 0.25) is 0 Å². The smallest absolute Gasteiger partial charge is 0.124 e. The van der Waals surface area contributed by atoms with Crippen molar-refractivity contribution in [3.63, 3.8) is 0 Å². The minimum absolute atomic E-state index is 0.0628. The largest absolute Gasteiger partial charge is 0.508 e. The van der Waals surface area contributed by atoms with E-state index in [2.05, 4.69) is 5.16 Å². The summed E-state index contributed by atoms with van der Waals surface area (Å²) >= 11 is 0. The van der Waals surface area contributed by atoms with Gasteiger partial charge in [-0.3, -0.25) is 0 Å². The van der Waals surface area contributed by atoms with Gasteiger partial charge in [-0.15, -0.1) is 0 Å². The lowest BCUT2D eigenvalue weighted by molar-refractivity contribution is 0.318. The molecule has 0 atom stereocenters. The molecule has 0 spiro atoms. The maximum absolute atomic E-state index is 9.70. The zero-order valence-corrected chi connectivity index (χ0v) is 9.83. The van der Waals surface area contributed by atoms with Crippen molar-refractivity contribution in [2.75, 3.05) is 0 Å². The van der Waals surface area contributed by atoms with Crippen molar-refractivity contribution in [1.29, 1.82) is 0 Å². The molecule has 0 bridgehead atoms. The highest BCUT2D eigenvalue weighted by atomic mass is 16.4. The number of phenols is 2. The van der Waals surface area contributed by atoms with Crippen molar-refractivity contribution >= 4 is 5.71 Å². The highest BCUT2D eigenvalue weighted by Gasteiger charge is 2.07. The van der Waals surface area contributed by atoms with Crippen LogP contribution in [0.4, 0.5) is 0 Å². The minimum Gasteiger partial charge on any atom is -0.508 e. The van der Waals surface area contributed by atoms with Crippen LogP contribution in [0.3, 0.4) is 0 Å². The highest BCUT2D eigenvalue weighted by Crippen LogP contribution is 2.27. The third kappa shape index (κ3) is 2.27. The van der Waals surface area contributed by atoms with Gasteiger partial charge in [-0.2, -0.15) is 0 Å². The second kappa shape index (κ2) is 4.79. The van der Waals surface area contributed by atoms with Crippen LogP contribution in [0.15, 0.2) is 47.6 Å². The molecule has 0 heterocycles. The summed E-state index contributed by atoms with van der Waals surface area (Å²) in [7, 11) is 0. The Morgan fingerprint density at radius 3 is 2.17 bits per heavy atom. The molecule has 0 aliphatic carbocycles.